The lowest BCUT2D eigenvalue weighted by molar-refractivity contribution is -0.139. The highest BCUT2D eigenvalue weighted by molar-refractivity contribution is 7.13. The summed E-state index contributed by atoms with van der Waals surface area (Å²) >= 11 is 1.30. The number of carbonyl (C=O) groups is 2. The van der Waals surface area contributed by atoms with Gasteiger partial charge in [-0.2, -0.15) is 0 Å². The van der Waals surface area contributed by atoms with Crippen molar-refractivity contribution in [1.29, 1.82) is 0 Å². The van der Waals surface area contributed by atoms with E-state index in [1.165, 1.54) is 17.5 Å². The van der Waals surface area contributed by atoms with Crippen molar-refractivity contribution in [2.45, 2.75) is 39.7 Å². The maximum atomic E-state index is 12.3. The van der Waals surface area contributed by atoms with Crippen molar-refractivity contribution in [2.75, 3.05) is 0 Å². The highest BCUT2D eigenvalue weighted by atomic mass is 32.1. The molecule has 0 saturated heterocycles. The minimum atomic E-state index is -1.08. The number of hydrogen-bond donors (Lipinski definition) is 2. The Labute approximate surface area is 139 Å². The number of amides is 1. The average molecular weight is 332 g/mol. The Bertz CT molecular complexity index is 704. The van der Waals surface area contributed by atoms with E-state index >= 15 is 0 Å². The van der Waals surface area contributed by atoms with E-state index in [4.69, 9.17) is 0 Å². The van der Waals surface area contributed by atoms with Crippen LogP contribution in [0.4, 0.5) is 0 Å². The van der Waals surface area contributed by atoms with Crippen LogP contribution in [0.5, 0.6) is 0 Å². The maximum Gasteiger partial charge on any atom is 0.330 e. The molecule has 0 spiro atoms. The van der Waals surface area contributed by atoms with Crippen molar-refractivity contribution in [1.82, 2.24) is 10.3 Å². The maximum absolute atomic E-state index is 12.3. The third-order valence-electron chi connectivity index (χ3n) is 3.34. The SMILES string of the molecule is CCCc1ncc(C(=O)NC(C(=O)O)c2cc(C)cc(C)c2)s1. The van der Waals surface area contributed by atoms with E-state index < -0.39 is 17.9 Å². The number of aryl methyl sites for hydroxylation is 3. The second kappa shape index (κ2) is 7.37. The van der Waals surface area contributed by atoms with E-state index in [1.54, 1.807) is 12.1 Å². The van der Waals surface area contributed by atoms with Crippen molar-refractivity contribution in [3.05, 3.63) is 51.0 Å². The van der Waals surface area contributed by atoms with E-state index in [0.717, 1.165) is 29.0 Å². The van der Waals surface area contributed by atoms with Gasteiger partial charge in [0.15, 0.2) is 6.04 Å². The molecule has 1 heterocycles. The zero-order valence-electron chi connectivity index (χ0n) is 13.4. The zero-order chi connectivity index (χ0) is 17.0. The van der Waals surface area contributed by atoms with Gasteiger partial charge in [-0.25, -0.2) is 9.78 Å². The molecule has 0 aliphatic heterocycles. The summed E-state index contributed by atoms with van der Waals surface area (Å²) in [7, 11) is 0. The number of benzene rings is 1. The Morgan fingerprint density at radius 1 is 1.26 bits per heavy atom. The first-order valence-electron chi connectivity index (χ1n) is 7.47. The Morgan fingerprint density at radius 3 is 2.48 bits per heavy atom. The summed E-state index contributed by atoms with van der Waals surface area (Å²) in [4.78, 5) is 28.5. The molecule has 23 heavy (non-hydrogen) atoms. The number of carboxylic acid groups (broad SMARTS) is 1. The van der Waals surface area contributed by atoms with Crippen LogP contribution in [0.1, 0.15) is 50.8 Å². The summed E-state index contributed by atoms with van der Waals surface area (Å²) in [6.45, 7) is 5.84. The summed E-state index contributed by atoms with van der Waals surface area (Å²) in [5.41, 5.74) is 2.49. The van der Waals surface area contributed by atoms with E-state index in [9.17, 15) is 14.7 Å². The van der Waals surface area contributed by atoms with Gasteiger partial charge in [-0.15, -0.1) is 11.3 Å². The minimum Gasteiger partial charge on any atom is -0.479 e. The monoisotopic (exact) mass is 332 g/mol. The third kappa shape index (κ3) is 4.39. The molecule has 6 heteroatoms. The van der Waals surface area contributed by atoms with Crippen LogP contribution < -0.4 is 5.32 Å². The average Bonchev–Trinajstić information content (AvgIpc) is 2.92. The molecule has 122 valence electrons. The van der Waals surface area contributed by atoms with E-state index in [0.29, 0.717) is 10.4 Å². The number of carbonyl (C=O) groups excluding carboxylic acids is 1. The lowest BCUT2D eigenvalue weighted by Gasteiger charge is -2.15. The normalized spacial score (nSPS) is 12.0. The number of nitrogens with zero attached hydrogens (tertiary/aromatic N) is 1. The molecule has 5 nitrogen and oxygen atoms in total. The van der Waals surface area contributed by atoms with Crippen LogP contribution in [0.3, 0.4) is 0 Å². The topological polar surface area (TPSA) is 79.3 Å². The fourth-order valence-electron chi connectivity index (χ4n) is 2.41. The Morgan fingerprint density at radius 2 is 1.91 bits per heavy atom. The van der Waals surface area contributed by atoms with Gasteiger partial charge in [0.25, 0.3) is 5.91 Å². The van der Waals surface area contributed by atoms with Crippen LogP contribution >= 0.6 is 11.3 Å². The summed E-state index contributed by atoms with van der Waals surface area (Å²) < 4.78 is 0. The van der Waals surface area contributed by atoms with Gasteiger partial charge in [0.05, 0.1) is 11.2 Å². The van der Waals surface area contributed by atoms with Gasteiger partial charge >= 0.3 is 5.97 Å². The van der Waals surface area contributed by atoms with Gasteiger partial charge < -0.3 is 10.4 Å². The molecule has 0 saturated carbocycles. The van der Waals surface area contributed by atoms with Gasteiger partial charge in [-0.1, -0.05) is 36.2 Å². The number of hydrogen-bond acceptors (Lipinski definition) is 4. The molecular weight excluding hydrogens is 312 g/mol. The first-order chi connectivity index (χ1) is 10.9. The summed E-state index contributed by atoms with van der Waals surface area (Å²) in [5, 5.41) is 12.9. The molecule has 0 radical (unpaired) electrons. The molecule has 0 fully saturated rings. The molecular formula is C17H20N2O3S. The number of thiazole rings is 1. The lowest BCUT2D eigenvalue weighted by atomic mass is 10.0. The predicted molar refractivity (Wildman–Crippen MR) is 89.9 cm³/mol. The van der Waals surface area contributed by atoms with Crippen molar-refractivity contribution < 1.29 is 14.7 Å². The molecule has 1 amide bonds. The quantitative estimate of drug-likeness (QED) is 0.851. The van der Waals surface area contributed by atoms with Gasteiger partial charge in [0, 0.05) is 0 Å². The molecule has 2 rings (SSSR count). The minimum absolute atomic E-state index is 0.406. The molecule has 0 aliphatic carbocycles. The van der Waals surface area contributed by atoms with Gasteiger partial charge in [0.1, 0.15) is 4.88 Å². The largest absolute Gasteiger partial charge is 0.479 e. The van der Waals surface area contributed by atoms with Crippen LogP contribution in [-0.4, -0.2) is 22.0 Å². The third-order valence-corrected chi connectivity index (χ3v) is 4.40. The van der Waals surface area contributed by atoms with Crippen LogP contribution in [0.15, 0.2) is 24.4 Å². The summed E-state index contributed by atoms with van der Waals surface area (Å²) in [6.07, 6.45) is 3.28. The highest BCUT2D eigenvalue weighted by Gasteiger charge is 2.24. The molecule has 1 unspecified atom stereocenters. The van der Waals surface area contributed by atoms with Crippen molar-refractivity contribution in [3.63, 3.8) is 0 Å². The second-order valence-electron chi connectivity index (χ2n) is 5.53. The predicted octanol–water partition coefficient (Wildman–Crippen LogP) is 3.27. The first kappa shape index (κ1) is 17.1. The first-order valence-corrected chi connectivity index (χ1v) is 8.29. The number of nitrogens with one attached hydrogen (secondary N) is 1. The van der Waals surface area contributed by atoms with E-state index in [1.807, 2.05) is 26.8 Å². The van der Waals surface area contributed by atoms with Crippen LogP contribution in [-0.2, 0) is 11.2 Å². The number of carboxylic acids is 1. The number of aromatic nitrogens is 1. The fourth-order valence-corrected chi connectivity index (χ4v) is 3.33. The van der Waals surface area contributed by atoms with Gasteiger partial charge in [0.2, 0.25) is 0 Å². The second-order valence-corrected chi connectivity index (χ2v) is 6.65. The van der Waals surface area contributed by atoms with E-state index in [-0.39, 0.29) is 0 Å². The van der Waals surface area contributed by atoms with Crippen LogP contribution in [0, 0.1) is 13.8 Å². The molecule has 0 bridgehead atoms. The smallest absolute Gasteiger partial charge is 0.330 e. The van der Waals surface area contributed by atoms with Crippen LogP contribution in [0.25, 0.3) is 0 Å². The number of rotatable bonds is 6. The summed E-state index contributed by atoms with van der Waals surface area (Å²) in [6, 6.07) is 4.45. The Kier molecular flexibility index (Phi) is 5.50. The van der Waals surface area contributed by atoms with Gasteiger partial charge in [-0.3, -0.25) is 4.79 Å². The molecule has 2 N–H and O–H groups in total. The molecule has 1 atom stereocenters. The molecule has 0 aliphatic rings. The van der Waals surface area contributed by atoms with Crippen molar-refractivity contribution in [2.24, 2.45) is 0 Å². The zero-order valence-corrected chi connectivity index (χ0v) is 14.2. The Balaban J connectivity index is 2.21. The fraction of sp³-hybridized carbons (Fsp3) is 0.353. The van der Waals surface area contributed by atoms with Crippen LogP contribution in [0.2, 0.25) is 0 Å². The lowest BCUT2D eigenvalue weighted by Crippen LogP contribution is -2.33. The summed E-state index contributed by atoms with van der Waals surface area (Å²) in [5.74, 6) is -1.49. The van der Waals surface area contributed by atoms with Crippen molar-refractivity contribution >= 4 is 23.2 Å². The highest BCUT2D eigenvalue weighted by Crippen LogP contribution is 2.20. The van der Waals surface area contributed by atoms with E-state index in [2.05, 4.69) is 10.3 Å². The Hall–Kier alpha value is -2.21. The molecule has 1 aromatic carbocycles. The number of aliphatic carboxylic acids is 1. The molecule has 1 aromatic heterocycles. The standard InChI is InChI=1S/C17H20N2O3S/c1-4-5-14-18-9-13(23-14)16(20)19-15(17(21)22)12-7-10(2)6-11(3)8-12/h6-9,15H,4-5H2,1-3H3,(H,19,20)(H,21,22). The van der Waals surface area contributed by atoms with Crippen molar-refractivity contribution in [3.8, 4) is 0 Å². The van der Waals surface area contributed by atoms with Gasteiger partial charge in [-0.05, 0) is 32.3 Å². The molecule has 2 aromatic rings.